The molecule has 2 rings (SSSR count). The molecule has 0 aromatic heterocycles. The van der Waals surface area contributed by atoms with Crippen LogP contribution in [0, 0.1) is 28.4 Å². The second-order valence-corrected chi connectivity index (χ2v) is 5.75. The van der Waals surface area contributed by atoms with Crippen LogP contribution in [0.1, 0.15) is 25.3 Å². The van der Waals surface area contributed by atoms with Crippen molar-refractivity contribution in [3.05, 3.63) is 51.2 Å². The molecule has 0 spiro atoms. The van der Waals surface area contributed by atoms with E-state index in [4.69, 9.17) is 6.42 Å². The fraction of sp³-hybridized carbons (Fsp3) is 0.278. The van der Waals surface area contributed by atoms with Crippen LogP contribution < -0.4 is 5.32 Å². The summed E-state index contributed by atoms with van der Waals surface area (Å²) >= 11 is 0. The lowest BCUT2D eigenvalue weighted by atomic mass is 9.75. The minimum atomic E-state index is -1.22. The Kier molecular flexibility index (Phi) is 5.52. The summed E-state index contributed by atoms with van der Waals surface area (Å²) in [6, 6.07) is 5.78. The number of rotatable bonds is 5. The maximum absolute atomic E-state index is 12.6. The maximum atomic E-state index is 12.6. The SMILES string of the molecule is C#CCNC(=O)C1=C(C)N=C(C)C(C(=O)O)C1c1ccccc1[N+](=O)[O-]. The number of carboxylic acids is 1. The van der Waals surface area contributed by atoms with Gasteiger partial charge in [0.2, 0.25) is 5.91 Å². The summed E-state index contributed by atoms with van der Waals surface area (Å²) in [5.41, 5.74) is 0.523. The third kappa shape index (κ3) is 3.47. The van der Waals surface area contributed by atoms with Gasteiger partial charge in [-0.1, -0.05) is 24.1 Å². The number of nitro benzene ring substituents is 1. The Morgan fingerprint density at radius 2 is 2.04 bits per heavy atom. The van der Waals surface area contributed by atoms with Gasteiger partial charge in [-0.05, 0) is 13.8 Å². The minimum Gasteiger partial charge on any atom is -0.481 e. The standard InChI is InChI=1S/C18H17N3O5/c1-4-9-19-17(22)14-10(2)20-11(3)15(18(23)24)16(14)12-7-5-6-8-13(12)21(25)26/h1,5-8,15-16H,9H2,2-3H3,(H,19,22)(H,23,24). The van der Waals surface area contributed by atoms with Crippen molar-refractivity contribution >= 4 is 23.3 Å². The zero-order valence-electron chi connectivity index (χ0n) is 14.2. The number of aliphatic imine (C=N–C) groups is 1. The molecule has 8 heteroatoms. The molecular weight excluding hydrogens is 338 g/mol. The quantitative estimate of drug-likeness (QED) is 0.474. The summed E-state index contributed by atoms with van der Waals surface area (Å²) in [7, 11) is 0. The predicted octanol–water partition coefficient (Wildman–Crippen LogP) is 1.88. The van der Waals surface area contributed by atoms with Gasteiger partial charge in [0.1, 0.15) is 5.92 Å². The number of terminal acetylenes is 1. The van der Waals surface area contributed by atoms with E-state index in [0.717, 1.165) is 0 Å². The third-order valence-corrected chi connectivity index (χ3v) is 4.16. The lowest BCUT2D eigenvalue weighted by molar-refractivity contribution is -0.385. The number of allylic oxidation sites excluding steroid dienone is 1. The highest BCUT2D eigenvalue weighted by atomic mass is 16.6. The molecule has 2 atom stereocenters. The molecule has 2 N–H and O–H groups in total. The van der Waals surface area contributed by atoms with Crippen molar-refractivity contribution in [3.63, 3.8) is 0 Å². The van der Waals surface area contributed by atoms with Crippen molar-refractivity contribution in [2.24, 2.45) is 10.9 Å². The Morgan fingerprint density at radius 3 is 2.62 bits per heavy atom. The molecule has 0 radical (unpaired) electrons. The zero-order chi connectivity index (χ0) is 19.4. The number of nitrogens with one attached hydrogen (secondary N) is 1. The average molecular weight is 355 g/mol. The van der Waals surface area contributed by atoms with Crippen LogP contribution in [0.4, 0.5) is 5.69 Å². The first-order chi connectivity index (χ1) is 12.3. The summed E-state index contributed by atoms with van der Waals surface area (Å²) in [6.45, 7) is 3.04. The summed E-state index contributed by atoms with van der Waals surface area (Å²) in [6.07, 6.45) is 5.16. The molecule has 1 aromatic rings. The zero-order valence-corrected chi connectivity index (χ0v) is 14.2. The van der Waals surface area contributed by atoms with Gasteiger partial charge in [0, 0.05) is 34.5 Å². The smallest absolute Gasteiger partial charge is 0.313 e. The van der Waals surface area contributed by atoms with Gasteiger partial charge in [-0.2, -0.15) is 0 Å². The first-order valence-electron chi connectivity index (χ1n) is 7.73. The molecule has 0 fully saturated rings. The molecule has 0 bridgehead atoms. The van der Waals surface area contributed by atoms with Crippen LogP contribution in [-0.2, 0) is 9.59 Å². The van der Waals surface area contributed by atoms with Gasteiger partial charge in [-0.25, -0.2) is 0 Å². The van der Waals surface area contributed by atoms with Crippen LogP contribution in [0.25, 0.3) is 0 Å². The molecule has 0 aliphatic carbocycles. The molecule has 2 unspecified atom stereocenters. The average Bonchev–Trinajstić information content (AvgIpc) is 2.58. The first-order valence-corrected chi connectivity index (χ1v) is 7.73. The number of aliphatic carboxylic acids is 1. The summed E-state index contributed by atoms with van der Waals surface area (Å²) in [5.74, 6) is -1.80. The Morgan fingerprint density at radius 1 is 1.38 bits per heavy atom. The number of carbonyl (C=O) groups is 2. The second-order valence-electron chi connectivity index (χ2n) is 5.75. The molecular formula is C18H17N3O5. The number of para-hydroxylation sites is 1. The number of hydrogen-bond acceptors (Lipinski definition) is 5. The van der Waals surface area contributed by atoms with Crippen molar-refractivity contribution in [1.29, 1.82) is 0 Å². The monoisotopic (exact) mass is 355 g/mol. The number of nitrogens with zero attached hydrogens (tertiary/aromatic N) is 2. The molecule has 1 aromatic carbocycles. The van der Waals surface area contributed by atoms with Crippen LogP contribution in [0.3, 0.4) is 0 Å². The van der Waals surface area contributed by atoms with Crippen molar-refractivity contribution in [3.8, 4) is 12.3 Å². The number of hydrogen-bond donors (Lipinski definition) is 2. The van der Waals surface area contributed by atoms with Gasteiger partial charge in [-0.3, -0.25) is 24.7 Å². The number of carbonyl (C=O) groups excluding carboxylic acids is 1. The van der Waals surface area contributed by atoms with E-state index in [1.165, 1.54) is 25.1 Å². The molecule has 1 aliphatic heterocycles. The van der Waals surface area contributed by atoms with Gasteiger partial charge in [-0.15, -0.1) is 6.42 Å². The van der Waals surface area contributed by atoms with Crippen LogP contribution >= 0.6 is 0 Å². The number of carboxylic acid groups (broad SMARTS) is 1. The molecule has 0 saturated carbocycles. The van der Waals surface area contributed by atoms with E-state index in [1.807, 2.05) is 0 Å². The maximum Gasteiger partial charge on any atom is 0.313 e. The van der Waals surface area contributed by atoms with Crippen LogP contribution in [-0.4, -0.2) is 34.2 Å². The predicted molar refractivity (Wildman–Crippen MR) is 94.6 cm³/mol. The van der Waals surface area contributed by atoms with E-state index in [2.05, 4.69) is 16.2 Å². The van der Waals surface area contributed by atoms with Gasteiger partial charge in [0.05, 0.1) is 11.5 Å². The van der Waals surface area contributed by atoms with Crippen molar-refractivity contribution in [2.75, 3.05) is 6.54 Å². The highest BCUT2D eigenvalue weighted by molar-refractivity contribution is 6.07. The van der Waals surface area contributed by atoms with Crippen LogP contribution in [0.2, 0.25) is 0 Å². The lowest BCUT2D eigenvalue weighted by Crippen LogP contribution is -2.38. The molecule has 0 saturated heterocycles. The number of amides is 1. The van der Waals surface area contributed by atoms with Gasteiger partial charge >= 0.3 is 5.97 Å². The normalized spacial score (nSPS) is 19.3. The fourth-order valence-corrected chi connectivity index (χ4v) is 3.13. The second kappa shape index (κ2) is 7.61. The third-order valence-electron chi connectivity index (χ3n) is 4.16. The van der Waals surface area contributed by atoms with Gasteiger partial charge in [0.25, 0.3) is 5.69 Å². The molecule has 1 aliphatic rings. The molecule has 1 amide bonds. The van der Waals surface area contributed by atoms with Gasteiger partial charge in [0.15, 0.2) is 0 Å². The topological polar surface area (TPSA) is 122 Å². The highest BCUT2D eigenvalue weighted by Gasteiger charge is 2.43. The van der Waals surface area contributed by atoms with Crippen molar-refractivity contribution in [1.82, 2.24) is 5.32 Å². The van der Waals surface area contributed by atoms with E-state index in [-0.39, 0.29) is 29.1 Å². The number of nitro groups is 1. The van der Waals surface area contributed by atoms with Crippen LogP contribution in [0.5, 0.6) is 0 Å². The van der Waals surface area contributed by atoms with E-state index in [0.29, 0.717) is 5.70 Å². The molecule has 26 heavy (non-hydrogen) atoms. The fourth-order valence-electron chi connectivity index (χ4n) is 3.13. The summed E-state index contributed by atoms with van der Waals surface area (Å²) in [4.78, 5) is 39.5. The largest absolute Gasteiger partial charge is 0.481 e. The van der Waals surface area contributed by atoms with Crippen LogP contribution in [0.15, 0.2) is 40.5 Å². The summed E-state index contributed by atoms with van der Waals surface area (Å²) < 4.78 is 0. The lowest BCUT2D eigenvalue weighted by Gasteiger charge is -2.30. The van der Waals surface area contributed by atoms with Crippen molar-refractivity contribution < 1.29 is 19.6 Å². The minimum absolute atomic E-state index is 0.0559. The Balaban J connectivity index is 2.72. The Labute approximate surface area is 149 Å². The van der Waals surface area contributed by atoms with Gasteiger partial charge < -0.3 is 10.4 Å². The first kappa shape index (κ1) is 18.9. The summed E-state index contributed by atoms with van der Waals surface area (Å²) in [5, 5.41) is 23.6. The van der Waals surface area contributed by atoms with E-state index in [1.54, 1.807) is 13.0 Å². The Hall–Kier alpha value is -3.47. The molecule has 8 nitrogen and oxygen atoms in total. The number of benzene rings is 1. The van der Waals surface area contributed by atoms with E-state index in [9.17, 15) is 24.8 Å². The highest BCUT2D eigenvalue weighted by Crippen LogP contribution is 2.42. The molecule has 1 heterocycles. The van der Waals surface area contributed by atoms with Crippen molar-refractivity contribution in [2.45, 2.75) is 19.8 Å². The molecule has 134 valence electrons. The Bertz CT molecular complexity index is 879. The van der Waals surface area contributed by atoms with E-state index < -0.39 is 28.6 Å². The van der Waals surface area contributed by atoms with E-state index >= 15 is 0 Å².